The highest BCUT2D eigenvalue weighted by Gasteiger charge is 2.58. The summed E-state index contributed by atoms with van der Waals surface area (Å²) in [5.41, 5.74) is 0.168. The van der Waals surface area contributed by atoms with Crippen molar-refractivity contribution in [3.63, 3.8) is 0 Å². The van der Waals surface area contributed by atoms with Crippen molar-refractivity contribution in [3.8, 4) is 11.5 Å². The number of Topliss-reactive ketones (excluding diaryl/α,β-unsaturated/α-hetero) is 1. The number of fused-ring (bicyclic) bond motifs is 3. The van der Waals surface area contributed by atoms with Crippen LogP contribution in [0.3, 0.4) is 0 Å². The summed E-state index contributed by atoms with van der Waals surface area (Å²) in [6, 6.07) is 3.21. The van der Waals surface area contributed by atoms with Crippen LogP contribution in [0.2, 0.25) is 5.02 Å². The number of benzene rings is 1. The van der Waals surface area contributed by atoms with E-state index in [4.69, 9.17) is 16.3 Å². The van der Waals surface area contributed by atoms with Gasteiger partial charge in [-0.25, -0.2) is 4.98 Å². The number of ketones is 2. The van der Waals surface area contributed by atoms with Gasteiger partial charge < -0.3 is 9.84 Å². The number of alkyl halides is 3. The first-order valence-electron chi connectivity index (χ1n) is 13.6. The fourth-order valence-corrected chi connectivity index (χ4v) is 8.36. The quantitative estimate of drug-likeness (QED) is 0.203. The molecule has 3 aliphatic carbocycles. The maximum absolute atomic E-state index is 14.2. The summed E-state index contributed by atoms with van der Waals surface area (Å²) in [6.07, 6.45) is -1.81. The SMILES string of the molecule is COc1cc(C2C3=CCC4C(=O)N(N(C)c5nc(C(F)(F)F)ccc5Cl)C(=O)C4C3CC3=C2C(=O)C=C(Br)C3=O)c(Br)c(Br)c1O. The molecule has 1 N–H and O–H groups in total. The van der Waals surface area contributed by atoms with E-state index in [1.165, 1.54) is 26.3 Å². The molecule has 1 saturated heterocycles. The van der Waals surface area contributed by atoms with Crippen LogP contribution in [0.4, 0.5) is 19.0 Å². The molecule has 4 aliphatic rings. The first kappa shape index (κ1) is 32.9. The molecule has 0 bridgehead atoms. The van der Waals surface area contributed by atoms with E-state index in [1.807, 2.05) is 0 Å². The number of halogens is 7. The number of anilines is 1. The number of hydrogen-bond acceptors (Lipinski definition) is 8. The highest BCUT2D eigenvalue weighted by atomic mass is 79.9. The number of hydrogen-bond donors (Lipinski definition) is 1. The molecule has 16 heteroatoms. The monoisotopic (exact) mass is 847 g/mol. The summed E-state index contributed by atoms with van der Waals surface area (Å²) in [7, 11) is 2.58. The van der Waals surface area contributed by atoms with Crippen LogP contribution in [0.5, 0.6) is 11.5 Å². The van der Waals surface area contributed by atoms with Crippen LogP contribution in [0.15, 0.2) is 60.5 Å². The highest BCUT2D eigenvalue weighted by Crippen LogP contribution is 2.58. The van der Waals surface area contributed by atoms with E-state index in [0.29, 0.717) is 21.7 Å². The lowest BCUT2D eigenvalue weighted by atomic mass is 9.59. The third-order valence-electron chi connectivity index (χ3n) is 8.74. The fraction of sp³-hybridized carbons (Fsp3) is 0.300. The normalized spacial score (nSPS) is 24.4. The summed E-state index contributed by atoms with van der Waals surface area (Å²) in [4.78, 5) is 58.6. The molecule has 9 nitrogen and oxygen atoms in total. The summed E-state index contributed by atoms with van der Waals surface area (Å²) in [5.74, 6) is -6.37. The van der Waals surface area contributed by atoms with Crippen LogP contribution in [0, 0.1) is 17.8 Å². The number of allylic oxidation sites excluding steroid dienone is 6. The minimum atomic E-state index is -4.80. The zero-order chi connectivity index (χ0) is 33.6. The number of amides is 2. The van der Waals surface area contributed by atoms with Gasteiger partial charge in [0.2, 0.25) is 0 Å². The summed E-state index contributed by atoms with van der Waals surface area (Å²) in [5, 5.41) is 12.1. The molecule has 2 amide bonds. The maximum Gasteiger partial charge on any atom is 0.433 e. The molecule has 6 rings (SSSR count). The third-order valence-corrected chi connectivity index (χ3v) is 11.8. The van der Waals surface area contributed by atoms with Crippen molar-refractivity contribution < 1.29 is 42.2 Å². The average molecular weight is 851 g/mol. The van der Waals surface area contributed by atoms with Crippen LogP contribution in [-0.2, 0) is 25.4 Å². The molecule has 0 spiro atoms. The van der Waals surface area contributed by atoms with Crippen molar-refractivity contribution in [1.82, 2.24) is 9.99 Å². The Morgan fingerprint density at radius 1 is 1.09 bits per heavy atom. The first-order chi connectivity index (χ1) is 21.6. The standard InChI is InChI=1S/C30H20Br3ClF3N3O6/c1-39(27-16(34)5-6-19(38-27)30(35,36)37)40-28(44)11-4-3-10-12(21(11)29(40)45)7-14-22(17(41)9-15(31)25(14)42)20(10)13-8-18(46-2)26(43)24(33)23(13)32/h3,5-6,8-9,11-12,20-21,43H,4,7H2,1-2H3. The van der Waals surface area contributed by atoms with Crippen molar-refractivity contribution in [3.05, 3.63) is 76.8 Å². The molecule has 1 aromatic heterocycles. The van der Waals surface area contributed by atoms with Gasteiger partial charge in [-0.05, 0) is 90.3 Å². The number of pyridine rings is 1. The zero-order valence-corrected chi connectivity index (χ0v) is 29.1. The smallest absolute Gasteiger partial charge is 0.433 e. The number of rotatable bonds is 4. The van der Waals surface area contributed by atoms with Gasteiger partial charge in [0.1, 0.15) is 5.69 Å². The topological polar surface area (TPSA) is 117 Å². The van der Waals surface area contributed by atoms with Gasteiger partial charge >= 0.3 is 6.18 Å². The number of phenolic OH excluding ortho intramolecular Hbond substituents is 1. The molecule has 1 aliphatic heterocycles. The van der Waals surface area contributed by atoms with Crippen molar-refractivity contribution in [2.75, 3.05) is 19.2 Å². The van der Waals surface area contributed by atoms with Gasteiger partial charge in [0.25, 0.3) is 11.8 Å². The summed E-state index contributed by atoms with van der Waals surface area (Å²) < 4.78 is 46.4. The highest BCUT2D eigenvalue weighted by molar-refractivity contribution is 9.13. The third kappa shape index (κ3) is 4.96. The van der Waals surface area contributed by atoms with Crippen LogP contribution >= 0.6 is 59.4 Å². The van der Waals surface area contributed by atoms with E-state index < -0.39 is 64.7 Å². The number of ether oxygens (including phenoxy) is 1. The van der Waals surface area contributed by atoms with Gasteiger partial charge in [0.05, 0.1) is 32.9 Å². The van der Waals surface area contributed by atoms with Gasteiger partial charge in [-0.2, -0.15) is 18.2 Å². The molecule has 2 heterocycles. The Balaban J connectivity index is 1.47. The lowest BCUT2D eigenvalue weighted by Gasteiger charge is -2.42. The molecule has 1 aromatic carbocycles. The molecule has 4 atom stereocenters. The van der Waals surface area contributed by atoms with Crippen molar-refractivity contribution >= 4 is 88.6 Å². The summed E-state index contributed by atoms with van der Waals surface area (Å²) >= 11 is 16.2. The number of imide groups is 1. The zero-order valence-electron chi connectivity index (χ0n) is 23.6. The number of aromatic hydroxyl groups is 1. The van der Waals surface area contributed by atoms with Gasteiger partial charge in [0, 0.05) is 34.7 Å². The number of nitrogens with zero attached hydrogens (tertiary/aromatic N) is 3. The predicted octanol–water partition coefficient (Wildman–Crippen LogP) is 6.81. The minimum absolute atomic E-state index is 0.0405. The van der Waals surface area contributed by atoms with Gasteiger partial charge in [-0.1, -0.05) is 23.3 Å². The first-order valence-corrected chi connectivity index (χ1v) is 16.3. The molecule has 4 unspecified atom stereocenters. The number of aromatic nitrogens is 1. The van der Waals surface area contributed by atoms with Gasteiger partial charge in [-0.15, -0.1) is 0 Å². The van der Waals surface area contributed by atoms with E-state index in [9.17, 15) is 37.5 Å². The molecule has 46 heavy (non-hydrogen) atoms. The Kier molecular flexibility index (Phi) is 8.30. The second-order valence-corrected chi connectivity index (χ2v) is 13.9. The summed E-state index contributed by atoms with van der Waals surface area (Å²) in [6.45, 7) is 0. The maximum atomic E-state index is 14.2. The fourth-order valence-electron chi connectivity index (χ4n) is 6.73. The average Bonchev–Trinajstić information content (AvgIpc) is 3.26. The van der Waals surface area contributed by atoms with E-state index in [0.717, 1.165) is 16.1 Å². The Hall–Kier alpha value is -3.01. The number of phenols is 1. The minimum Gasteiger partial charge on any atom is -0.503 e. The van der Waals surface area contributed by atoms with E-state index in [1.54, 1.807) is 6.08 Å². The number of methoxy groups -OCH3 is 1. The Morgan fingerprint density at radius 3 is 2.43 bits per heavy atom. The second-order valence-electron chi connectivity index (χ2n) is 11.0. The Labute approximate surface area is 289 Å². The number of carbonyl (C=O) groups excluding carboxylic acids is 4. The van der Waals surface area contributed by atoms with E-state index >= 15 is 0 Å². The van der Waals surface area contributed by atoms with E-state index in [-0.39, 0.29) is 49.5 Å². The Morgan fingerprint density at radius 2 is 1.78 bits per heavy atom. The molecule has 0 saturated carbocycles. The van der Waals surface area contributed by atoms with Crippen molar-refractivity contribution in [2.24, 2.45) is 17.8 Å². The molecular formula is C30H20Br3ClF3N3O6. The Bertz CT molecular complexity index is 1880. The van der Waals surface area contributed by atoms with Gasteiger partial charge in [-0.3, -0.25) is 24.2 Å². The van der Waals surface area contributed by atoms with Crippen molar-refractivity contribution in [1.29, 1.82) is 0 Å². The van der Waals surface area contributed by atoms with Crippen LogP contribution in [0.1, 0.15) is 30.0 Å². The van der Waals surface area contributed by atoms with Gasteiger partial charge in [0.15, 0.2) is 28.9 Å². The number of carbonyl (C=O) groups is 4. The predicted molar refractivity (Wildman–Crippen MR) is 169 cm³/mol. The van der Waals surface area contributed by atoms with Crippen molar-refractivity contribution in [2.45, 2.75) is 24.9 Å². The molecule has 0 radical (unpaired) electrons. The van der Waals surface area contributed by atoms with Crippen LogP contribution in [-0.4, -0.2) is 52.6 Å². The lowest BCUT2D eigenvalue weighted by Crippen LogP contribution is -2.46. The van der Waals surface area contributed by atoms with Crippen LogP contribution in [0.25, 0.3) is 0 Å². The number of hydrazine groups is 1. The molecule has 2 aromatic rings. The largest absolute Gasteiger partial charge is 0.503 e. The van der Waals surface area contributed by atoms with Crippen LogP contribution < -0.4 is 9.75 Å². The second kappa shape index (κ2) is 11.6. The molecule has 1 fully saturated rings. The molecule has 240 valence electrons. The molecular weight excluding hydrogens is 831 g/mol. The lowest BCUT2D eigenvalue weighted by molar-refractivity contribution is -0.141. The van der Waals surface area contributed by atoms with E-state index in [2.05, 4.69) is 52.8 Å².